The number of hydrogen-bond donors (Lipinski definition) is 0. The fraction of sp³-hybridized carbons (Fsp3) is 0.250. The van der Waals surface area contributed by atoms with Gasteiger partial charge < -0.3 is 0 Å². The average molecular weight is 240 g/mol. The van der Waals surface area contributed by atoms with Crippen molar-refractivity contribution in [1.82, 2.24) is 0 Å². The first-order valence-electron chi connectivity index (χ1n) is 6.15. The van der Waals surface area contributed by atoms with Gasteiger partial charge in [0.15, 0.2) is 11.6 Å². The molecular weight excluding hydrogens is 224 g/mol. The van der Waals surface area contributed by atoms with E-state index in [4.69, 9.17) is 0 Å². The van der Waals surface area contributed by atoms with Crippen molar-refractivity contribution in [3.05, 3.63) is 53.6 Å². The molecule has 0 aromatic heterocycles. The molecule has 18 heavy (non-hydrogen) atoms. The van der Waals surface area contributed by atoms with Crippen LogP contribution < -0.4 is 0 Å². The molecule has 92 valence electrons. The van der Waals surface area contributed by atoms with Crippen LogP contribution in [0.5, 0.6) is 0 Å². The van der Waals surface area contributed by atoms with Crippen LogP contribution in [0.25, 0.3) is 6.08 Å². The van der Waals surface area contributed by atoms with Crippen molar-refractivity contribution < 1.29 is 9.59 Å². The first-order chi connectivity index (χ1) is 8.66. The molecule has 2 nitrogen and oxygen atoms in total. The minimum atomic E-state index is -0.478. The van der Waals surface area contributed by atoms with Crippen molar-refractivity contribution in [3.63, 3.8) is 0 Å². The van der Waals surface area contributed by atoms with E-state index in [1.54, 1.807) is 12.2 Å². The minimum Gasteiger partial charge on any atom is -0.294 e. The quantitative estimate of drug-likeness (QED) is 0.600. The van der Waals surface area contributed by atoms with Gasteiger partial charge in [0, 0.05) is 0 Å². The molecule has 0 heterocycles. The Kier molecular flexibility index (Phi) is 3.88. The number of hydrogen-bond acceptors (Lipinski definition) is 2. The van der Waals surface area contributed by atoms with Crippen LogP contribution in [0.2, 0.25) is 0 Å². The van der Waals surface area contributed by atoms with Gasteiger partial charge >= 0.3 is 0 Å². The number of allylic oxidation sites excluding steroid dienone is 3. The maximum absolute atomic E-state index is 12.0. The number of ketones is 2. The molecular formula is C16H16O2. The summed E-state index contributed by atoms with van der Waals surface area (Å²) in [6.07, 6.45) is 6.36. The van der Waals surface area contributed by atoms with Gasteiger partial charge in [0.25, 0.3) is 0 Å². The van der Waals surface area contributed by atoms with Crippen molar-refractivity contribution in [3.8, 4) is 0 Å². The molecule has 0 bridgehead atoms. The highest BCUT2D eigenvalue weighted by Gasteiger charge is 2.25. The Balaban J connectivity index is 2.05. The number of carbonyl (C=O) groups is 2. The third kappa shape index (κ3) is 3.04. The summed E-state index contributed by atoms with van der Waals surface area (Å²) in [5.41, 5.74) is 2.04. The van der Waals surface area contributed by atoms with Gasteiger partial charge in [-0.3, -0.25) is 9.59 Å². The van der Waals surface area contributed by atoms with Gasteiger partial charge in [-0.15, -0.1) is 0 Å². The summed E-state index contributed by atoms with van der Waals surface area (Å²) in [6.45, 7) is 1.93. The normalized spacial score (nSPS) is 19.9. The van der Waals surface area contributed by atoms with Crippen LogP contribution in [-0.4, -0.2) is 11.6 Å². The van der Waals surface area contributed by atoms with Gasteiger partial charge in [-0.25, -0.2) is 0 Å². The van der Waals surface area contributed by atoms with Gasteiger partial charge in [-0.05, 0) is 37.5 Å². The van der Waals surface area contributed by atoms with Crippen LogP contribution >= 0.6 is 0 Å². The van der Waals surface area contributed by atoms with E-state index < -0.39 is 5.92 Å². The molecule has 0 aliphatic heterocycles. The van der Waals surface area contributed by atoms with Crippen molar-refractivity contribution >= 4 is 17.6 Å². The summed E-state index contributed by atoms with van der Waals surface area (Å²) in [5.74, 6) is -0.622. The second-order valence-corrected chi connectivity index (χ2v) is 4.63. The molecule has 0 N–H and O–H groups in total. The van der Waals surface area contributed by atoms with E-state index in [1.807, 2.05) is 37.3 Å². The summed E-state index contributed by atoms with van der Waals surface area (Å²) in [4.78, 5) is 23.7. The number of carbonyl (C=O) groups excluding carboxylic acids is 2. The van der Waals surface area contributed by atoms with E-state index in [1.165, 1.54) is 6.08 Å². The highest BCUT2D eigenvalue weighted by Crippen LogP contribution is 2.21. The SMILES string of the molecule is CC1=CC(=O)C(C(=O)/C=C/c2ccccc2)CC1. The van der Waals surface area contributed by atoms with Gasteiger partial charge in [0.2, 0.25) is 0 Å². The monoisotopic (exact) mass is 240 g/mol. The molecule has 1 aliphatic carbocycles. The molecule has 1 aromatic carbocycles. The Morgan fingerprint density at radius 2 is 2.00 bits per heavy atom. The van der Waals surface area contributed by atoms with Crippen LogP contribution in [0.1, 0.15) is 25.3 Å². The van der Waals surface area contributed by atoms with Gasteiger partial charge in [-0.1, -0.05) is 42.0 Å². The van der Waals surface area contributed by atoms with Crippen LogP contribution in [-0.2, 0) is 9.59 Å². The number of benzene rings is 1. The van der Waals surface area contributed by atoms with E-state index >= 15 is 0 Å². The van der Waals surface area contributed by atoms with E-state index in [0.717, 1.165) is 17.6 Å². The predicted octanol–water partition coefficient (Wildman–Crippen LogP) is 3.19. The summed E-state index contributed by atoms with van der Waals surface area (Å²) in [5, 5.41) is 0. The number of rotatable bonds is 3. The third-order valence-electron chi connectivity index (χ3n) is 3.14. The molecule has 0 spiro atoms. The van der Waals surface area contributed by atoms with Crippen LogP contribution in [0.4, 0.5) is 0 Å². The summed E-state index contributed by atoms with van der Waals surface area (Å²) in [6, 6.07) is 9.62. The molecule has 0 radical (unpaired) electrons. The Hall–Kier alpha value is -1.96. The fourth-order valence-electron chi connectivity index (χ4n) is 2.07. The molecule has 2 rings (SSSR count). The van der Waals surface area contributed by atoms with Gasteiger partial charge in [-0.2, -0.15) is 0 Å². The molecule has 0 fully saturated rings. The highest BCUT2D eigenvalue weighted by molar-refractivity contribution is 6.13. The molecule has 0 saturated carbocycles. The van der Waals surface area contributed by atoms with Gasteiger partial charge in [0.05, 0.1) is 5.92 Å². The average Bonchev–Trinajstić information content (AvgIpc) is 2.37. The Labute approximate surface area is 107 Å². The first kappa shape index (κ1) is 12.5. The summed E-state index contributed by atoms with van der Waals surface area (Å²) < 4.78 is 0. The highest BCUT2D eigenvalue weighted by atomic mass is 16.1. The van der Waals surface area contributed by atoms with Crippen LogP contribution in [0.15, 0.2) is 48.1 Å². The standard InChI is InChI=1S/C16H16O2/c1-12-7-9-14(16(18)11-12)15(17)10-8-13-5-3-2-4-6-13/h2-6,8,10-11,14H,7,9H2,1H3/b10-8+. The minimum absolute atomic E-state index is 0.0542. The summed E-state index contributed by atoms with van der Waals surface area (Å²) >= 11 is 0. The van der Waals surface area contributed by atoms with Gasteiger partial charge in [0.1, 0.15) is 0 Å². The largest absolute Gasteiger partial charge is 0.294 e. The van der Waals surface area contributed by atoms with Crippen LogP contribution in [0, 0.1) is 5.92 Å². The van der Waals surface area contributed by atoms with Crippen molar-refractivity contribution in [2.45, 2.75) is 19.8 Å². The van der Waals surface area contributed by atoms with E-state index in [-0.39, 0.29) is 11.6 Å². The maximum Gasteiger partial charge on any atom is 0.166 e. The fourth-order valence-corrected chi connectivity index (χ4v) is 2.07. The van der Waals surface area contributed by atoms with Crippen molar-refractivity contribution in [1.29, 1.82) is 0 Å². The Morgan fingerprint density at radius 1 is 1.28 bits per heavy atom. The lowest BCUT2D eigenvalue weighted by Gasteiger charge is -2.16. The molecule has 1 aromatic rings. The molecule has 1 unspecified atom stereocenters. The Bertz CT molecular complexity index is 509. The maximum atomic E-state index is 12.0. The van der Waals surface area contributed by atoms with E-state index in [0.29, 0.717) is 6.42 Å². The predicted molar refractivity (Wildman–Crippen MR) is 72.0 cm³/mol. The zero-order valence-corrected chi connectivity index (χ0v) is 10.4. The third-order valence-corrected chi connectivity index (χ3v) is 3.14. The second kappa shape index (κ2) is 5.58. The lowest BCUT2D eigenvalue weighted by Crippen LogP contribution is -2.24. The zero-order chi connectivity index (χ0) is 13.0. The van der Waals surface area contributed by atoms with E-state index in [2.05, 4.69) is 0 Å². The first-order valence-corrected chi connectivity index (χ1v) is 6.15. The molecule has 1 atom stereocenters. The summed E-state index contributed by atoms with van der Waals surface area (Å²) in [7, 11) is 0. The zero-order valence-electron chi connectivity index (χ0n) is 10.4. The Morgan fingerprint density at radius 3 is 2.67 bits per heavy atom. The molecule has 2 heteroatoms. The lowest BCUT2D eigenvalue weighted by molar-refractivity contribution is -0.128. The molecule has 0 saturated heterocycles. The topological polar surface area (TPSA) is 34.1 Å². The van der Waals surface area contributed by atoms with Crippen molar-refractivity contribution in [2.75, 3.05) is 0 Å². The van der Waals surface area contributed by atoms with Crippen LogP contribution in [0.3, 0.4) is 0 Å². The van der Waals surface area contributed by atoms with Crippen molar-refractivity contribution in [2.24, 2.45) is 5.92 Å². The smallest absolute Gasteiger partial charge is 0.166 e. The lowest BCUT2D eigenvalue weighted by atomic mass is 9.86. The van der Waals surface area contributed by atoms with E-state index in [9.17, 15) is 9.59 Å². The molecule has 1 aliphatic rings. The second-order valence-electron chi connectivity index (χ2n) is 4.63. The molecule has 0 amide bonds.